The summed E-state index contributed by atoms with van der Waals surface area (Å²) in [4.78, 5) is 60.9. The van der Waals surface area contributed by atoms with E-state index in [2.05, 4.69) is 26.1 Å². The predicted molar refractivity (Wildman–Crippen MR) is 178 cm³/mol. The zero-order chi connectivity index (χ0) is 35.2. The number of hydrogen-bond acceptors (Lipinski definition) is 7. The SMILES string of the molecule is CCCCCCCC(=O)CCCCCCC=C[C@H](C(=O)N[C@@H](Cc1ccc(OCCC(C)C)cc1)C(=O)O)[C@@](O)(CC(=O)O)C(=O)O. The summed E-state index contributed by atoms with van der Waals surface area (Å²) in [7, 11) is 0. The van der Waals surface area contributed by atoms with Crippen molar-refractivity contribution < 1.29 is 49.1 Å². The zero-order valence-electron chi connectivity index (χ0n) is 28.2. The fraction of sp³-hybridized carbons (Fsp3) is 0.639. The molecule has 0 saturated heterocycles. The van der Waals surface area contributed by atoms with Crippen molar-refractivity contribution in [1.29, 1.82) is 0 Å². The number of allylic oxidation sites excluding steroid dienone is 1. The van der Waals surface area contributed by atoms with Crippen LogP contribution in [0.1, 0.15) is 116 Å². The van der Waals surface area contributed by atoms with Gasteiger partial charge >= 0.3 is 17.9 Å². The van der Waals surface area contributed by atoms with Gasteiger partial charge < -0.3 is 30.5 Å². The molecule has 0 fully saturated rings. The summed E-state index contributed by atoms with van der Waals surface area (Å²) in [5, 5.41) is 42.1. The van der Waals surface area contributed by atoms with Crippen LogP contribution < -0.4 is 10.1 Å². The van der Waals surface area contributed by atoms with Gasteiger partial charge in [-0.3, -0.25) is 14.4 Å². The molecular weight excluding hydrogens is 606 g/mol. The Balaban J connectivity index is 2.82. The summed E-state index contributed by atoms with van der Waals surface area (Å²) in [5.41, 5.74) is -2.45. The van der Waals surface area contributed by atoms with E-state index in [0.29, 0.717) is 49.5 Å². The van der Waals surface area contributed by atoms with Gasteiger partial charge in [0, 0.05) is 19.3 Å². The highest BCUT2D eigenvalue weighted by Crippen LogP contribution is 2.26. The third-order valence-electron chi connectivity index (χ3n) is 7.99. The summed E-state index contributed by atoms with van der Waals surface area (Å²) in [6, 6.07) is 5.21. The van der Waals surface area contributed by atoms with Gasteiger partial charge in [-0.15, -0.1) is 0 Å². The van der Waals surface area contributed by atoms with Gasteiger partial charge in [-0.1, -0.05) is 83.6 Å². The van der Waals surface area contributed by atoms with Crippen molar-refractivity contribution >= 4 is 29.6 Å². The first-order chi connectivity index (χ1) is 22.3. The fourth-order valence-corrected chi connectivity index (χ4v) is 5.07. The largest absolute Gasteiger partial charge is 0.494 e. The van der Waals surface area contributed by atoms with Crippen LogP contribution in [-0.4, -0.2) is 68.3 Å². The first-order valence-corrected chi connectivity index (χ1v) is 16.9. The van der Waals surface area contributed by atoms with Crippen molar-refractivity contribution in [3.63, 3.8) is 0 Å². The lowest BCUT2D eigenvalue weighted by Gasteiger charge is -2.29. The molecule has 0 radical (unpaired) electrons. The highest BCUT2D eigenvalue weighted by atomic mass is 16.5. The molecule has 11 heteroatoms. The van der Waals surface area contributed by atoms with Crippen LogP contribution in [0.4, 0.5) is 0 Å². The number of carboxylic acids is 3. The average molecular weight is 662 g/mol. The molecule has 0 heterocycles. The maximum absolute atomic E-state index is 13.3. The number of ether oxygens (including phenoxy) is 1. The van der Waals surface area contributed by atoms with Crippen molar-refractivity contribution in [3.05, 3.63) is 42.0 Å². The number of ketones is 1. The Kier molecular flexibility index (Phi) is 20.0. The number of unbranched alkanes of at least 4 members (excludes halogenated alkanes) is 8. The maximum atomic E-state index is 13.3. The molecule has 0 aromatic heterocycles. The van der Waals surface area contributed by atoms with Gasteiger partial charge in [-0.25, -0.2) is 9.59 Å². The fourth-order valence-electron chi connectivity index (χ4n) is 5.07. The van der Waals surface area contributed by atoms with Crippen molar-refractivity contribution in [2.24, 2.45) is 11.8 Å². The van der Waals surface area contributed by atoms with E-state index in [0.717, 1.165) is 57.4 Å². The van der Waals surface area contributed by atoms with E-state index in [9.17, 15) is 44.4 Å². The highest BCUT2D eigenvalue weighted by molar-refractivity contribution is 5.94. The summed E-state index contributed by atoms with van der Waals surface area (Å²) in [6.45, 7) is 6.84. The van der Waals surface area contributed by atoms with Crippen LogP contribution in [0.15, 0.2) is 36.4 Å². The highest BCUT2D eigenvalue weighted by Gasteiger charge is 2.49. The Labute approximate surface area is 278 Å². The van der Waals surface area contributed by atoms with Crippen LogP contribution in [-0.2, 0) is 30.4 Å². The van der Waals surface area contributed by atoms with Gasteiger partial charge in [0.05, 0.1) is 18.9 Å². The van der Waals surface area contributed by atoms with Gasteiger partial charge in [-0.05, 0) is 55.7 Å². The molecule has 1 aromatic carbocycles. The van der Waals surface area contributed by atoms with E-state index in [1.54, 1.807) is 24.3 Å². The number of rotatable bonds is 27. The maximum Gasteiger partial charge on any atom is 0.337 e. The minimum atomic E-state index is -3.01. The van der Waals surface area contributed by atoms with Gasteiger partial charge in [0.1, 0.15) is 17.6 Å². The lowest BCUT2D eigenvalue weighted by atomic mass is 9.82. The predicted octanol–water partition coefficient (Wildman–Crippen LogP) is 5.96. The molecule has 0 saturated carbocycles. The summed E-state index contributed by atoms with van der Waals surface area (Å²) >= 11 is 0. The van der Waals surface area contributed by atoms with E-state index < -0.39 is 47.8 Å². The molecular formula is C36H55NO10. The van der Waals surface area contributed by atoms with E-state index in [1.807, 2.05) is 0 Å². The van der Waals surface area contributed by atoms with Gasteiger partial charge in [-0.2, -0.15) is 0 Å². The molecule has 264 valence electrons. The third kappa shape index (κ3) is 17.1. The van der Waals surface area contributed by atoms with Gasteiger partial charge in [0.25, 0.3) is 0 Å². The summed E-state index contributed by atoms with van der Waals surface area (Å²) in [5.74, 6) is -6.58. The van der Waals surface area contributed by atoms with Crippen molar-refractivity contribution in [2.75, 3.05) is 6.61 Å². The third-order valence-corrected chi connectivity index (χ3v) is 7.99. The van der Waals surface area contributed by atoms with Crippen LogP contribution >= 0.6 is 0 Å². The number of Topliss-reactive ketones (excluding diaryl/α,β-unsaturated/α-hetero) is 1. The van der Waals surface area contributed by atoms with E-state index >= 15 is 0 Å². The Hall–Kier alpha value is -3.73. The average Bonchev–Trinajstić information content (AvgIpc) is 2.99. The minimum absolute atomic E-state index is 0.143. The van der Waals surface area contributed by atoms with Crippen LogP contribution in [0, 0.1) is 11.8 Å². The minimum Gasteiger partial charge on any atom is -0.494 e. The van der Waals surface area contributed by atoms with Crippen LogP contribution in [0.3, 0.4) is 0 Å². The first kappa shape index (κ1) is 41.3. The molecule has 0 aliphatic rings. The van der Waals surface area contributed by atoms with Crippen molar-refractivity contribution in [2.45, 2.75) is 129 Å². The van der Waals surface area contributed by atoms with Crippen LogP contribution in [0.25, 0.3) is 0 Å². The van der Waals surface area contributed by atoms with Gasteiger partial charge in [0.2, 0.25) is 5.91 Å². The van der Waals surface area contributed by atoms with Crippen LogP contribution in [0.2, 0.25) is 0 Å². The standard InChI is InChI=1S/C36H55NO10/c1-4-5-6-9-12-15-28(38)16-13-10-7-8-11-14-17-30(36(46,35(44)45)25-32(39)40)33(41)37-31(34(42)43)24-27-18-20-29(21-19-27)47-23-22-26(2)3/h14,17-21,26,30-31,46H,4-13,15-16,22-25H2,1-3H3,(H,37,41)(H,39,40)(H,42,43)(H,44,45)/t30-,31+,36+/m1/s1. The van der Waals surface area contributed by atoms with Crippen molar-refractivity contribution in [3.8, 4) is 5.75 Å². The number of nitrogens with one attached hydrogen (secondary N) is 1. The quantitative estimate of drug-likeness (QED) is 0.0556. The molecule has 5 N–H and O–H groups in total. The molecule has 0 unspecified atom stereocenters. The number of aliphatic hydroxyl groups is 1. The van der Waals surface area contributed by atoms with E-state index in [1.165, 1.54) is 12.5 Å². The van der Waals surface area contributed by atoms with E-state index in [4.69, 9.17) is 4.74 Å². The number of aliphatic carboxylic acids is 3. The lowest BCUT2D eigenvalue weighted by molar-refractivity contribution is -0.172. The molecule has 1 aromatic rings. The van der Waals surface area contributed by atoms with Gasteiger partial charge in [0.15, 0.2) is 5.60 Å². The number of hydrogen-bond donors (Lipinski definition) is 5. The second-order valence-electron chi connectivity index (χ2n) is 12.6. The first-order valence-electron chi connectivity index (χ1n) is 16.9. The topological polar surface area (TPSA) is 188 Å². The second-order valence-corrected chi connectivity index (χ2v) is 12.6. The molecule has 1 rings (SSSR count). The monoisotopic (exact) mass is 661 g/mol. The molecule has 1 amide bonds. The molecule has 3 atom stereocenters. The number of carbonyl (C=O) groups excluding carboxylic acids is 2. The number of carbonyl (C=O) groups is 5. The summed E-state index contributed by atoms with van der Waals surface area (Å²) < 4.78 is 5.68. The van der Waals surface area contributed by atoms with Crippen molar-refractivity contribution in [1.82, 2.24) is 5.32 Å². The Morgan fingerprint density at radius 1 is 0.872 bits per heavy atom. The second kappa shape index (κ2) is 22.7. The number of carboxylic acid groups (broad SMARTS) is 3. The molecule has 0 spiro atoms. The summed E-state index contributed by atoms with van der Waals surface area (Å²) in [6.07, 6.45) is 12.2. The number of amides is 1. The van der Waals surface area contributed by atoms with E-state index in [-0.39, 0.29) is 12.2 Å². The Morgan fingerprint density at radius 2 is 1.47 bits per heavy atom. The molecule has 0 aliphatic heterocycles. The molecule has 11 nitrogen and oxygen atoms in total. The normalized spacial score (nSPS) is 14.0. The molecule has 0 aliphatic carbocycles. The molecule has 47 heavy (non-hydrogen) atoms. The lowest BCUT2D eigenvalue weighted by Crippen LogP contribution is -2.55. The Morgan fingerprint density at radius 3 is 2.00 bits per heavy atom. The Bertz CT molecular complexity index is 1150. The number of benzene rings is 1. The van der Waals surface area contributed by atoms with Crippen LogP contribution in [0.5, 0.6) is 5.75 Å². The smallest absolute Gasteiger partial charge is 0.337 e. The zero-order valence-corrected chi connectivity index (χ0v) is 28.2. The molecule has 0 bridgehead atoms.